The summed E-state index contributed by atoms with van der Waals surface area (Å²) in [5.74, 6) is 0.638. The van der Waals surface area contributed by atoms with Crippen LogP contribution >= 0.6 is 0 Å². The van der Waals surface area contributed by atoms with Gasteiger partial charge >= 0.3 is 0 Å². The van der Waals surface area contributed by atoms with E-state index in [9.17, 15) is 0 Å². The third kappa shape index (κ3) is 4.15. The standard InChI is InChI=1S/C19H26N2/c1-15(2)19(3,4)14-21-18(16-8-6-5-7-9-16)17-10-12-20-13-11-17/h5-13,15,18,21H,14H2,1-4H3. The highest BCUT2D eigenvalue weighted by atomic mass is 14.9. The van der Waals surface area contributed by atoms with E-state index in [1.54, 1.807) is 0 Å². The van der Waals surface area contributed by atoms with Gasteiger partial charge < -0.3 is 5.32 Å². The van der Waals surface area contributed by atoms with Crippen molar-refractivity contribution in [1.29, 1.82) is 0 Å². The van der Waals surface area contributed by atoms with Gasteiger partial charge in [0.15, 0.2) is 0 Å². The first-order valence-electron chi connectivity index (χ1n) is 7.69. The second kappa shape index (κ2) is 6.86. The van der Waals surface area contributed by atoms with Gasteiger partial charge in [-0.2, -0.15) is 0 Å². The number of nitrogens with zero attached hydrogens (tertiary/aromatic N) is 1. The number of benzene rings is 1. The molecule has 0 fully saturated rings. The largest absolute Gasteiger partial charge is 0.306 e. The SMILES string of the molecule is CC(C)C(C)(C)CNC(c1ccccc1)c1ccncc1. The Morgan fingerprint density at radius 2 is 1.52 bits per heavy atom. The van der Waals surface area contributed by atoms with Crippen LogP contribution in [0.25, 0.3) is 0 Å². The molecule has 0 spiro atoms. The number of rotatable bonds is 6. The topological polar surface area (TPSA) is 24.9 Å². The molecule has 0 amide bonds. The maximum Gasteiger partial charge on any atom is 0.0578 e. The fourth-order valence-corrected chi connectivity index (χ4v) is 2.20. The molecule has 1 unspecified atom stereocenters. The molecule has 0 aliphatic carbocycles. The molecule has 0 saturated heterocycles. The molecule has 1 atom stereocenters. The Bertz CT molecular complexity index is 493. The minimum atomic E-state index is 0.215. The fraction of sp³-hybridized carbons (Fsp3) is 0.421. The summed E-state index contributed by atoms with van der Waals surface area (Å²) in [6, 6.07) is 15.0. The normalized spacial score (nSPS) is 13.4. The maximum atomic E-state index is 4.13. The number of pyridine rings is 1. The molecule has 1 heterocycles. The lowest BCUT2D eigenvalue weighted by Gasteiger charge is -2.32. The van der Waals surface area contributed by atoms with Crippen LogP contribution in [0.3, 0.4) is 0 Å². The average Bonchev–Trinajstić information content (AvgIpc) is 2.49. The van der Waals surface area contributed by atoms with Crippen LogP contribution in [0.2, 0.25) is 0 Å². The molecule has 1 N–H and O–H groups in total. The van der Waals surface area contributed by atoms with Crippen molar-refractivity contribution in [2.75, 3.05) is 6.54 Å². The van der Waals surface area contributed by atoms with E-state index < -0.39 is 0 Å². The smallest absolute Gasteiger partial charge is 0.0578 e. The van der Waals surface area contributed by atoms with E-state index in [-0.39, 0.29) is 11.5 Å². The predicted octanol–water partition coefficient (Wildman–Crippen LogP) is 4.44. The molecule has 2 aromatic rings. The third-order valence-corrected chi connectivity index (χ3v) is 4.50. The van der Waals surface area contributed by atoms with Crippen LogP contribution in [0.1, 0.15) is 44.9 Å². The highest BCUT2D eigenvalue weighted by Crippen LogP contribution is 2.28. The van der Waals surface area contributed by atoms with Crippen molar-refractivity contribution in [2.45, 2.75) is 33.7 Å². The average molecular weight is 282 g/mol. The van der Waals surface area contributed by atoms with Crippen LogP contribution < -0.4 is 5.32 Å². The first-order chi connectivity index (χ1) is 10.0. The molecular formula is C19H26N2. The number of hydrogen-bond donors (Lipinski definition) is 1. The zero-order chi connectivity index (χ0) is 15.3. The van der Waals surface area contributed by atoms with Crippen molar-refractivity contribution in [3.8, 4) is 0 Å². The molecule has 2 heteroatoms. The van der Waals surface area contributed by atoms with Crippen molar-refractivity contribution in [2.24, 2.45) is 11.3 Å². The minimum Gasteiger partial charge on any atom is -0.306 e. The van der Waals surface area contributed by atoms with Crippen molar-refractivity contribution < 1.29 is 0 Å². The van der Waals surface area contributed by atoms with Crippen molar-refractivity contribution >= 4 is 0 Å². The van der Waals surface area contributed by atoms with Gasteiger partial charge in [-0.15, -0.1) is 0 Å². The summed E-state index contributed by atoms with van der Waals surface area (Å²) in [6.45, 7) is 10.2. The lowest BCUT2D eigenvalue weighted by Crippen LogP contribution is -2.36. The summed E-state index contributed by atoms with van der Waals surface area (Å²) in [5.41, 5.74) is 2.82. The van der Waals surface area contributed by atoms with Crippen LogP contribution in [0.5, 0.6) is 0 Å². The molecule has 1 aromatic carbocycles. The summed E-state index contributed by atoms with van der Waals surface area (Å²) in [5, 5.41) is 3.75. The van der Waals surface area contributed by atoms with Gasteiger partial charge in [-0.05, 0) is 34.6 Å². The molecule has 0 radical (unpaired) electrons. The van der Waals surface area contributed by atoms with E-state index in [0.29, 0.717) is 5.92 Å². The monoisotopic (exact) mass is 282 g/mol. The lowest BCUT2D eigenvalue weighted by molar-refractivity contribution is 0.232. The van der Waals surface area contributed by atoms with Gasteiger partial charge in [-0.3, -0.25) is 4.98 Å². The Kier molecular flexibility index (Phi) is 5.13. The van der Waals surface area contributed by atoms with Crippen LogP contribution in [0.15, 0.2) is 54.9 Å². The van der Waals surface area contributed by atoms with E-state index in [1.165, 1.54) is 11.1 Å². The van der Waals surface area contributed by atoms with E-state index in [0.717, 1.165) is 6.54 Å². The first kappa shape index (κ1) is 15.7. The Morgan fingerprint density at radius 1 is 0.952 bits per heavy atom. The first-order valence-corrected chi connectivity index (χ1v) is 7.69. The van der Waals surface area contributed by atoms with Crippen molar-refractivity contribution in [3.63, 3.8) is 0 Å². The van der Waals surface area contributed by atoms with Crippen molar-refractivity contribution in [3.05, 3.63) is 66.0 Å². The van der Waals surface area contributed by atoms with Crippen molar-refractivity contribution in [1.82, 2.24) is 10.3 Å². The molecule has 112 valence electrons. The summed E-state index contributed by atoms with van der Waals surface area (Å²) in [6.07, 6.45) is 3.72. The molecule has 0 bridgehead atoms. The van der Waals surface area contributed by atoms with Crippen LogP contribution in [-0.4, -0.2) is 11.5 Å². The summed E-state index contributed by atoms with van der Waals surface area (Å²) >= 11 is 0. The number of aromatic nitrogens is 1. The van der Waals surface area contributed by atoms with Crippen LogP contribution in [0.4, 0.5) is 0 Å². The summed E-state index contributed by atoms with van der Waals surface area (Å²) < 4.78 is 0. The Morgan fingerprint density at radius 3 is 2.10 bits per heavy atom. The highest BCUT2D eigenvalue weighted by molar-refractivity contribution is 5.30. The molecule has 1 aromatic heterocycles. The lowest BCUT2D eigenvalue weighted by atomic mass is 9.81. The van der Waals surface area contributed by atoms with Gasteiger partial charge in [-0.1, -0.05) is 58.0 Å². The molecule has 21 heavy (non-hydrogen) atoms. The molecule has 0 saturated carbocycles. The van der Waals surface area contributed by atoms with E-state index in [4.69, 9.17) is 0 Å². The Labute approximate surface area is 128 Å². The Balaban J connectivity index is 2.22. The minimum absolute atomic E-state index is 0.215. The third-order valence-electron chi connectivity index (χ3n) is 4.50. The highest BCUT2D eigenvalue weighted by Gasteiger charge is 2.24. The molecule has 0 aliphatic heterocycles. The molecule has 2 nitrogen and oxygen atoms in total. The van der Waals surface area contributed by atoms with Gasteiger partial charge in [-0.25, -0.2) is 0 Å². The molecular weight excluding hydrogens is 256 g/mol. The number of nitrogens with one attached hydrogen (secondary N) is 1. The summed E-state index contributed by atoms with van der Waals surface area (Å²) in [4.78, 5) is 4.13. The van der Waals surface area contributed by atoms with Gasteiger partial charge in [0.25, 0.3) is 0 Å². The van der Waals surface area contributed by atoms with Gasteiger partial charge in [0.1, 0.15) is 0 Å². The quantitative estimate of drug-likeness (QED) is 0.847. The molecule has 2 rings (SSSR count). The maximum absolute atomic E-state index is 4.13. The Hall–Kier alpha value is -1.67. The zero-order valence-electron chi connectivity index (χ0n) is 13.5. The van der Waals surface area contributed by atoms with Crippen LogP contribution in [0, 0.1) is 11.3 Å². The van der Waals surface area contributed by atoms with E-state index in [1.807, 2.05) is 12.4 Å². The predicted molar refractivity (Wildman–Crippen MR) is 89.1 cm³/mol. The van der Waals surface area contributed by atoms with Crippen LogP contribution in [-0.2, 0) is 0 Å². The van der Waals surface area contributed by atoms with Gasteiger partial charge in [0.2, 0.25) is 0 Å². The van der Waals surface area contributed by atoms with E-state index >= 15 is 0 Å². The molecule has 0 aliphatic rings. The second-order valence-corrected chi connectivity index (χ2v) is 6.65. The number of hydrogen-bond acceptors (Lipinski definition) is 2. The van der Waals surface area contributed by atoms with Gasteiger partial charge in [0, 0.05) is 18.9 Å². The second-order valence-electron chi connectivity index (χ2n) is 6.65. The zero-order valence-corrected chi connectivity index (χ0v) is 13.5. The van der Waals surface area contributed by atoms with E-state index in [2.05, 4.69) is 80.5 Å². The summed E-state index contributed by atoms with van der Waals surface area (Å²) in [7, 11) is 0. The fourth-order valence-electron chi connectivity index (χ4n) is 2.20. The van der Waals surface area contributed by atoms with Gasteiger partial charge in [0.05, 0.1) is 6.04 Å².